The number of hydrogen-bond donors (Lipinski definition) is 0. The number of hydrogen-bond acceptors (Lipinski definition) is 5. The summed E-state index contributed by atoms with van der Waals surface area (Å²) in [6.45, 7) is 3.10. The minimum Gasteiger partial charge on any atom is -0.489 e. The van der Waals surface area contributed by atoms with Gasteiger partial charge in [0.25, 0.3) is 0 Å². The first-order valence-electron chi connectivity index (χ1n) is 12.4. The van der Waals surface area contributed by atoms with Crippen molar-refractivity contribution in [3.63, 3.8) is 0 Å². The zero-order valence-electron chi connectivity index (χ0n) is 20.0. The summed E-state index contributed by atoms with van der Waals surface area (Å²) in [5, 5.41) is 0.434. The summed E-state index contributed by atoms with van der Waals surface area (Å²) in [5.74, 6) is 0.905. The highest BCUT2D eigenvalue weighted by molar-refractivity contribution is 7.89. The molecule has 1 unspecified atom stereocenters. The maximum Gasteiger partial charge on any atom is 0.243 e. The summed E-state index contributed by atoms with van der Waals surface area (Å²) in [5.41, 5.74) is -0.0701. The van der Waals surface area contributed by atoms with E-state index in [0.717, 1.165) is 37.9 Å². The summed E-state index contributed by atoms with van der Waals surface area (Å²) in [4.78, 5) is 20.1. The molecule has 7 nitrogen and oxygen atoms in total. The third-order valence-electron chi connectivity index (χ3n) is 7.95. The molecule has 3 fully saturated rings. The summed E-state index contributed by atoms with van der Waals surface area (Å²) in [7, 11) is -3.72. The van der Waals surface area contributed by atoms with Gasteiger partial charge in [-0.1, -0.05) is 17.7 Å². The molecule has 1 aromatic carbocycles. The average molecular weight is 518 g/mol. The molecule has 1 amide bonds. The Kier molecular flexibility index (Phi) is 6.81. The largest absolute Gasteiger partial charge is 0.489 e. The minimum absolute atomic E-state index is 0.122. The second kappa shape index (κ2) is 9.71. The molecule has 0 bridgehead atoms. The first-order valence-corrected chi connectivity index (χ1v) is 14.2. The van der Waals surface area contributed by atoms with E-state index >= 15 is 0 Å². The van der Waals surface area contributed by atoms with Crippen LogP contribution in [0.1, 0.15) is 50.5 Å². The van der Waals surface area contributed by atoms with Gasteiger partial charge in [0.1, 0.15) is 5.75 Å². The van der Waals surface area contributed by atoms with Gasteiger partial charge in [0.05, 0.1) is 22.6 Å². The monoisotopic (exact) mass is 517 g/mol. The summed E-state index contributed by atoms with van der Waals surface area (Å²) < 4.78 is 34.6. The third kappa shape index (κ3) is 4.68. The lowest BCUT2D eigenvalue weighted by Gasteiger charge is -2.40. The molecule has 1 aliphatic carbocycles. The molecule has 188 valence electrons. The summed E-state index contributed by atoms with van der Waals surface area (Å²) in [6, 6.07) is 8.94. The fourth-order valence-electron chi connectivity index (χ4n) is 5.96. The zero-order chi connectivity index (χ0) is 24.6. The van der Waals surface area contributed by atoms with Crippen LogP contribution in [0.2, 0.25) is 5.02 Å². The molecule has 1 saturated carbocycles. The minimum atomic E-state index is -3.72. The molecule has 35 heavy (non-hydrogen) atoms. The molecule has 3 heterocycles. The summed E-state index contributed by atoms with van der Waals surface area (Å²) in [6.07, 6.45) is 9.31. The number of carbonyl (C=O) groups excluding carboxylic acids is 1. The van der Waals surface area contributed by atoms with Crippen molar-refractivity contribution in [1.29, 1.82) is 0 Å². The molecular formula is C26H32ClN3O4S. The van der Waals surface area contributed by atoms with Crippen LogP contribution in [-0.2, 0) is 14.8 Å². The number of halogens is 1. The molecule has 0 radical (unpaired) electrons. The number of nitrogens with zero attached hydrogens (tertiary/aromatic N) is 3. The van der Waals surface area contributed by atoms with Crippen LogP contribution in [0, 0.1) is 12.3 Å². The molecule has 5 rings (SSSR count). The highest BCUT2D eigenvalue weighted by atomic mass is 35.5. The van der Waals surface area contributed by atoms with E-state index in [1.807, 2.05) is 17.0 Å². The van der Waals surface area contributed by atoms with E-state index in [-0.39, 0.29) is 29.5 Å². The fraction of sp³-hybridized carbons (Fsp3) is 0.538. The van der Waals surface area contributed by atoms with Gasteiger partial charge in [0.15, 0.2) is 0 Å². The van der Waals surface area contributed by atoms with Gasteiger partial charge >= 0.3 is 0 Å². The normalized spacial score (nSPS) is 27.9. The number of piperidine rings is 1. The number of rotatable bonds is 5. The molecule has 1 atom stereocenters. The standard InChI is InChI=1S/C26H32ClN3O4S/c1-19-23(27)6-2-7-24(19)35(32,33)29-15-4-12-26(18-29)13-16-30(25(26)31)20-8-10-21(11-9-20)34-22-5-3-14-28-17-22/h2-3,5-7,14,17,20-21H,4,8-13,15-16,18H2,1H3/t20-,21+,26?. The quantitative estimate of drug-likeness (QED) is 0.586. The Morgan fingerprint density at radius 3 is 2.63 bits per heavy atom. The van der Waals surface area contributed by atoms with Crippen molar-refractivity contribution in [2.75, 3.05) is 19.6 Å². The lowest BCUT2D eigenvalue weighted by Crippen LogP contribution is -2.51. The van der Waals surface area contributed by atoms with E-state index in [0.29, 0.717) is 36.5 Å². The number of ether oxygens (including phenoxy) is 1. The van der Waals surface area contributed by atoms with Crippen molar-refractivity contribution in [2.45, 2.75) is 68.9 Å². The van der Waals surface area contributed by atoms with Crippen LogP contribution >= 0.6 is 11.6 Å². The van der Waals surface area contributed by atoms with Gasteiger partial charge in [-0.3, -0.25) is 9.78 Å². The van der Waals surface area contributed by atoms with E-state index in [1.54, 1.807) is 37.5 Å². The molecule has 1 spiro atoms. The SMILES string of the molecule is Cc1c(Cl)cccc1S(=O)(=O)N1CCCC2(CCN([C@H]3CC[C@@H](Oc4cccnc4)CC3)C2=O)C1. The molecule has 1 aromatic heterocycles. The van der Waals surface area contributed by atoms with E-state index in [2.05, 4.69) is 4.98 Å². The van der Waals surface area contributed by atoms with Crippen LogP contribution in [-0.4, -0.2) is 60.3 Å². The first kappa shape index (κ1) is 24.5. The van der Waals surface area contributed by atoms with Crippen molar-refractivity contribution in [2.24, 2.45) is 5.41 Å². The van der Waals surface area contributed by atoms with Crippen LogP contribution in [0.5, 0.6) is 5.75 Å². The number of benzene rings is 1. The number of sulfonamides is 1. The maximum absolute atomic E-state index is 13.7. The van der Waals surface area contributed by atoms with E-state index < -0.39 is 15.4 Å². The number of pyridine rings is 1. The molecule has 9 heteroatoms. The van der Waals surface area contributed by atoms with Gasteiger partial charge in [-0.05, 0) is 81.7 Å². The molecule has 2 aliphatic heterocycles. The topological polar surface area (TPSA) is 79.8 Å². The van der Waals surface area contributed by atoms with Gasteiger partial charge in [-0.25, -0.2) is 8.42 Å². The Morgan fingerprint density at radius 2 is 1.89 bits per heavy atom. The Bertz CT molecular complexity index is 1180. The van der Waals surface area contributed by atoms with Crippen molar-refractivity contribution < 1.29 is 17.9 Å². The molecular weight excluding hydrogens is 486 g/mol. The Labute approximate surface area is 212 Å². The van der Waals surface area contributed by atoms with Crippen molar-refractivity contribution >= 4 is 27.5 Å². The van der Waals surface area contributed by atoms with E-state index in [1.165, 1.54) is 4.31 Å². The lowest BCUT2D eigenvalue weighted by atomic mass is 9.79. The second-order valence-electron chi connectivity index (χ2n) is 10.1. The van der Waals surface area contributed by atoms with Gasteiger partial charge in [-0.15, -0.1) is 0 Å². The highest BCUT2D eigenvalue weighted by Crippen LogP contribution is 2.44. The van der Waals surface area contributed by atoms with Crippen molar-refractivity contribution in [3.8, 4) is 5.75 Å². The number of aromatic nitrogens is 1. The predicted octanol–water partition coefficient (Wildman–Crippen LogP) is 4.44. The van der Waals surface area contributed by atoms with E-state index in [4.69, 9.17) is 16.3 Å². The predicted molar refractivity (Wildman–Crippen MR) is 134 cm³/mol. The number of carbonyl (C=O) groups is 1. The second-order valence-corrected chi connectivity index (χ2v) is 12.4. The van der Waals surface area contributed by atoms with Gasteiger partial charge < -0.3 is 9.64 Å². The Balaban J connectivity index is 1.25. The van der Waals surface area contributed by atoms with Gasteiger partial charge in [0.2, 0.25) is 15.9 Å². The van der Waals surface area contributed by atoms with Gasteiger partial charge in [-0.2, -0.15) is 4.31 Å². The first-order chi connectivity index (χ1) is 16.8. The van der Waals surface area contributed by atoms with Crippen molar-refractivity contribution in [1.82, 2.24) is 14.2 Å². The third-order valence-corrected chi connectivity index (χ3v) is 10.3. The zero-order valence-corrected chi connectivity index (χ0v) is 21.6. The van der Waals surface area contributed by atoms with Crippen LogP contribution in [0.25, 0.3) is 0 Å². The smallest absolute Gasteiger partial charge is 0.243 e. The molecule has 3 aliphatic rings. The highest BCUT2D eigenvalue weighted by Gasteiger charge is 2.52. The van der Waals surface area contributed by atoms with Gasteiger partial charge in [0, 0.05) is 36.9 Å². The van der Waals surface area contributed by atoms with Crippen LogP contribution in [0.4, 0.5) is 0 Å². The van der Waals surface area contributed by atoms with Crippen molar-refractivity contribution in [3.05, 3.63) is 53.3 Å². The van der Waals surface area contributed by atoms with Crippen LogP contribution in [0.3, 0.4) is 0 Å². The lowest BCUT2D eigenvalue weighted by molar-refractivity contribution is -0.140. The Morgan fingerprint density at radius 1 is 1.09 bits per heavy atom. The van der Waals surface area contributed by atoms with Crippen LogP contribution in [0.15, 0.2) is 47.6 Å². The number of likely N-dealkylation sites (tertiary alicyclic amines) is 1. The summed E-state index contributed by atoms with van der Waals surface area (Å²) >= 11 is 6.21. The number of amides is 1. The van der Waals surface area contributed by atoms with Crippen LogP contribution < -0.4 is 4.74 Å². The van der Waals surface area contributed by atoms with E-state index in [9.17, 15) is 13.2 Å². The average Bonchev–Trinajstić information content (AvgIpc) is 3.17. The molecule has 2 saturated heterocycles. The molecule has 2 aromatic rings. The maximum atomic E-state index is 13.7. The Hall–Kier alpha value is -2.16. The molecule has 0 N–H and O–H groups in total. The fourth-order valence-corrected chi connectivity index (χ4v) is 8.00.